The normalized spacial score (nSPS) is 22.4. The SMILES string of the molecule is Cc1[nH]cnc1CN1CCO[C@](CO)(Cc2ccccc2F)C1. The maximum atomic E-state index is 13.9. The Hall–Kier alpha value is -1.76. The summed E-state index contributed by atoms with van der Waals surface area (Å²) in [7, 11) is 0. The molecule has 0 radical (unpaired) electrons. The van der Waals surface area contributed by atoms with Crippen LogP contribution in [0.15, 0.2) is 30.6 Å². The van der Waals surface area contributed by atoms with E-state index < -0.39 is 5.60 Å². The minimum atomic E-state index is -0.773. The van der Waals surface area contributed by atoms with Crippen molar-refractivity contribution >= 4 is 0 Å². The number of aryl methyl sites for hydroxylation is 1. The van der Waals surface area contributed by atoms with Crippen LogP contribution >= 0.6 is 0 Å². The number of ether oxygens (including phenoxy) is 1. The van der Waals surface area contributed by atoms with Crippen molar-refractivity contribution < 1.29 is 14.2 Å². The molecule has 0 unspecified atom stereocenters. The van der Waals surface area contributed by atoms with Crippen molar-refractivity contribution in [1.82, 2.24) is 14.9 Å². The van der Waals surface area contributed by atoms with E-state index in [1.165, 1.54) is 6.07 Å². The van der Waals surface area contributed by atoms with E-state index in [1.54, 1.807) is 24.5 Å². The molecule has 0 saturated carbocycles. The van der Waals surface area contributed by atoms with Gasteiger partial charge in [-0.2, -0.15) is 0 Å². The first kappa shape index (κ1) is 16.1. The average Bonchev–Trinajstić information content (AvgIpc) is 2.95. The number of imidazole rings is 1. The number of H-pyrrole nitrogens is 1. The molecule has 1 aromatic heterocycles. The summed E-state index contributed by atoms with van der Waals surface area (Å²) in [5.41, 5.74) is 1.83. The van der Waals surface area contributed by atoms with Crippen LogP contribution in [-0.2, 0) is 17.7 Å². The van der Waals surface area contributed by atoms with Gasteiger partial charge in [0.15, 0.2) is 0 Å². The highest BCUT2D eigenvalue weighted by atomic mass is 19.1. The summed E-state index contributed by atoms with van der Waals surface area (Å²) in [5, 5.41) is 9.90. The number of hydrogen-bond acceptors (Lipinski definition) is 4. The lowest BCUT2D eigenvalue weighted by Crippen LogP contribution is -2.55. The van der Waals surface area contributed by atoms with E-state index in [4.69, 9.17) is 4.74 Å². The highest BCUT2D eigenvalue weighted by molar-refractivity contribution is 5.20. The zero-order valence-corrected chi connectivity index (χ0v) is 13.3. The number of morpholine rings is 1. The number of nitrogens with zero attached hydrogens (tertiary/aromatic N) is 2. The van der Waals surface area contributed by atoms with Crippen LogP contribution in [0.3, 0.4) is 0 Å². The van der Waals surface area contributed by atoms with Crippen LogP contribution in [0.2, 0.25) is 0 Å². The summed E-state index contributed by atoms with van der Waals surface area (Å²) >= 11 is 0. The van der Waals surface area contributed by atoms with Crippen molar-refractivity contribution in [3.8, 4) is 0 Å². The van der Waals surface area contributed by atoms with Crippen LogP contribution in [0.5, 0.6) is 0 Å². The maximum absolute atomic E-state index is 13.9. The Morgan fingerprint density at radius 1 is 1.43 bits per heavy atom. The molecule has 23 heavy (non-hydrogen) atoms. The van der Waals surface area contributed by atoms with E-state index in [0.29, 0.717) is 31.7 Å². The Morgan fingerprint density at radius 3 is 2.96 bits per heavy atom. The highest BCUT2D eigenvalue weighted by Gasteiger charge is 2.37. The summed E-state index contributed by atoms with van der Waals surface area (Å²) in [6, 6.07) is 6.65. The van der Waals surface area contributed by atoms with E-state index in [-0.39, 0.29) is 12.4 Å². The summed E-state index contributed by atoms with van der Waals surface area (Å²) < 4.78 is 19.8. The van der Waals surface area contributed by atoms with Crippen molar-refractivity contribution in [2.24, 2.45) is 0 Å². The first-order chi connectivity index (χ1) is 11.1. The van der Waals surface area contributed by atoms with Crippen molar-refractivity contribution in [3.63, 3.8) is 0 Å². The second-order valence-electron chi connectivity index (χ2n) is 6.14. The summed E-state index contributed by atoms with van der Waals surface area (Å²) in [5.74, 6) is -0.260. The molecule has 0 aliphatic carbocycles. The molecule has 1 atom stereocenters. The van der Waals surface area contributed by atoms with Gasteiger partial charge in [0.25, 0.3) is 0 Å². The number of aliphatic hydroxyl groups excluding tert-OH is 1. The second kappa shape index (κ2) is 6.78. The average molecular weight is 319 g/mol. The molecular formula is C17H22FN3O2. The van der Waals surface area contributed by atoms with E-state index in [2.05, 4.69) is 14.9 Å². The maximum Gasteiger partial charge on any atom is 0.126 e. The fraction of sp³-hybridized carbons (Fsp3) is 0.471. The van der Waals surface area contributed by atoms with Gasteiger partial charge in [-0.25, -0.2) is 9.37 Å². The third kappa shape index (κ3) is 3.60. The number of nitrogens with one attached hydrogen (secondary N) is 1. The van der Waals surface area contributed by atoms with Crippen LogP contribution in [0, 0.1) is 12.7 Å². The molecule has 2 N–H and O–H groups in total. The molecule has 2 heterocycles. The van der Waals surface area contributed by atoms with Gasteiger partial charge in [-0.05, 0) is 18.6 Å². The van der Waals surface area contributed by atoms with Crippen molar-refractivity contribution in [2.45, 2.75) is 25.5 Å². The van der Waals surface area contributed by atoms with Gasteiger partial charge in [-0.1, -0.05) is 18.2 Å². The largest absolute Gasteiger partial charge is 0.393 e. The molecule has 1 aromatic carbocycles. The minimum absolute atomic E-state index is 0.141. The Morgan fingerprint density at radius 2 is 2.26 bits per heavy atom. The van der Waals surface area contributed by atoms with Crippen LogP contribution in [0.4, 0.5) is 4.39 Å². The van der Waals surface area contributed by atoms with E-state index >= 15 is 0 Å². The number of hydrogen-bond donors (Lipinski definition) is 2. The van der Waals surface area contributed by atoms with Crippen LogP contribution in [0.1, 0.15) is 17.0 Å². The summed E-state index contributed by atoms with van der Waals surface area (Å²) in [6.45, 7) is 4.37. The monoisotopic (exact) mass is 319 g/mol. The molecule has 1 fully saturated rings. The number of aliphatic hydroxyl groups is 1. The number of rotatable bonds is 5. The quantitative estimate of drug-likeness (QED) is 0.880. The molecule has 1 aliphatic rings. The highest BCUT2D eigenvalue weighted by Crippen LogP contribution is 2.25. The molecule has 0 amide bonds. The third-order valence-electron chi connectivity index (χ3n) is 4.39. The first-order valence-corrected chi connectivity index (χ1v) is 7.81. The Bertz CT molecular complexity index is 661. The lowest BCUT2D eigenvalue weighted by Gasteiger charge is -2.41. The topological polar surface area (TPSA) is 61.4 Å². The predicted octanol–water partition coefficient (Wildman–Crippen LogP) is 1.66. The third-order valence-corrected chi connectivity index (χ3v) is 4.39. The zero-order chi connectivity index (χ0) is 16.3. The van der Waals surface area contributed by atoms with Gasteiger partial charge in [-0.15, -0.1) is 0 Å². The smallest absolute Gasteiger partial charge is 0.126 e. The minimum Gasteiger partial charge on any atom is -0.393 e. The number of aromatic nitrogens is 2. The van der Waals surface area contributed by atoms with Crippen LogP contribution < -0.4 is 0 Å². The molecule has 2 aromatic rings. The Balaban J connectivity index is 1.74. The first-order valence-electron chi connectivity index (χ1n) is 7.81. The number of halogens is 1. The van der Waals surface area contributed by atoms with Crippen molar-refractivity contribution in [1.29, 1.82) is 0 Å². The van der Waals surface area contributed by atoms with Gasteiger partial charge in [0, 0.05) is 31.7 Å². The lowest BCUT2D eigenvalue weighted by molar-refractivity contribution is -0.134. The van der Waals surface area contributed by atoms with Gasteiger partial charge >= 0.3 is 0 Å². The molecule has 1 aliphatic heterocycles. The van der Waals surface area contributed by atoms with E-state index in [9.17, 15) is 9.50 Å². The lowest BCUT2D eigenvalue weighted by atomic mass is 9.92. The molecule has 6 heteroatoms. The second-order valence-corrected chi connectivity index (χ2v) is 6.14. The van der Waals surface area contributed by atoms with Crippen LogP contribution in [-0.4, -0.2) is 51.9 Å². The molecule has 0 spiro atoms. The number of benzene rings is 1. The Kier molecular flexibility index (Phi) is 4.75. The fourth-order valence-electron chi connectivity index (χ4n) is 3.06. The van der Waals surface area contributed by atoms with Crippen molar-refractivity contribution in [3.05, 3.63) is 53.4 Å². The molecular weight excluding hydrogens is 297 g/mol. The summed E-state index contributed by atoms with van der Waals surface area (Å²) in [4.78, 5) is 9.59. The van der Waals surface area contributed by atoms with Gasteiger partial charge in [0.05, 0.1) is 25.2 Å². The Labute approximate surface area is 135 Å². The van der Waals surface area contributed by atoms with E-state index in [0.717, 1.165) is 17.9 Å². The van der Waals surface area contributed by atoms with Gasteiger partial charge in [-0.3, -0.25) is 4.90 Å². The molecule has 0 bridgehead atoms. The van der Waals surface area contributed by atoms with Crippen molar-refractivity contribution in [2.75, 3.05) is 26.3 Å². The molecule has 1 saturated heterocycles. The molecule has 3 rings (SSSR count). The van der Waals surface area contributed by atoms with Gasteiger partial charge < -0.3 is 14.8 Å². The summed E-state index contributed by atoms with van der Waals surface area (Å²) in [6.07, 6.45) is 2.04. The predicted molar refractivity (Wildman–Crippen MR) is 84.5 cm³/mol. The number of aromatic amines is 1. The van der Waals surface area contributed by atoms with Gasteiger partial charge in [0.2, 0.25) is 0 Å². The standard InChI is InChI=1S/C17H22FN3O2/c1-13-16(20-12-19-13)9-21-6-7-23-17(10-21,11-22)8-14-4-2-3-5-15(14)18/h2-5,12,22H,6-11H2,1H3,(H,19,20)/t17-/m1/s1. The van der Waals surface area contributed by atoms with E-state index in [1.807, 2.05) is 6.92 Å². The van der Waals surface area contributed by atoms with Crippen LogP contribution in [0.25, 0.3) is 0 Å². The zero-order valence-electron chi connectivity index (χ0n) is 13.3. The molecule has 5 nitrogen and oxygen atoms in total. The van der Waals surface area contributed by atoms with Gasteiger partial charge in [0.1, 0.15) is 11.4 Å². The fourth-order valence-corrected chi connectivity index (χ4v) is 3.06. The molecule has 124 valence electrons.